The summed E-state index contributed by atoms with van der Waals surface area (Å²) in [5.74, 6) is -0.0763. The van der Waals surface area contributed by atoms with E-state index < -0.39 is 17.7 Å². The minimum atomic E-state index is -0.663. The molecule has 224 valence electrons. The summed E-state index contributed by atoms with van der Waals surface area (Å²) in [6.45, 7) is 12.6. The van der Waals surface area contributed by atoms with Gasteiger partial charge in [0.05, 0.1) is 18.8 Å². The van der Waals surface area contributed by atoms with Crippen molar-refractivity contribution in [2.45, 2.75) is 97.2 Å². The van der Waals surface area contributed by atoms with Gasteiger partial charge < -0.3 is 19.6 Å². The number of nitrogens with zero attached hydrogens (tertiary/aromatic N) is 2. The highest BCUT2D eigenvalue weighted by atomic mass is 16.6. The lowest BCUT2D eigenvalue weighted by Crippen LogP contribution is -2.49. The van der Waals surface area contributed by atoms with Gasteiger partial charge in [0.25, 0.3) is 0 Å². The largest absolute Gasteiger partial charge is 0.460 e. The van der Waals surface area contributed by atoms with E-state index >= 15 is 0 Å². The molecular weight excluding hydrogens is 518 g/mol. The molecule has 8 nitrogen and oxygen atoms in total. The zero-order valence-corrected chi connectivity index (χ0v) is 25.4. The third-order valence-electron chi connectivity index (χ3n) is 7.20. The van der Waals surface area contributed by atoms with Crippen molar-refractivity contribution >= 4 is 18.3 Å². The van der Waals surface area contributed by atoms with Crippen molar-refractivity contribution in [1.82, 2.24) is 15.1 Å². The average molecular weight is 566 g/mol. The molecule has 3 rings (SSSR count). The fraction of sp³-hybridized carbons (Fsp3) is 0.545. The lowest BCUT2D eigenvalue weighted by atomic mass is 9.94. The van der Waals surface area contributed by atoms with Crippen LogP contribution in [0.5, 0.6) is 0 Å². The molecule has 0 spiro atoms. The quantitative estimate of drug-likeness (QED) is 0.264. The summed E-state index contributed by atoms with van der Waals surface area (Å²) in [5.41, 5.74) is 1.36. The highest BCUT2D eigenvalue weighted by Crippen LogP contribution is 2.32. The normalized spacial score (nSPS) is 19.1. The fourth-order valence-electron chi connectivity index (χ4n) is 5.26. The number of amides is 1. The zero-order chi connectivity index (χ0) is 30.0. The molecule has 0 bridgehead atoms. The average Bonchev–Trinajstić information content (AvgIpc) is 3.28. The molecule has 2 aromatic carbocycles. The predicted molar refractivity (Wildman–Crippen MR) is 160 cm³/mol. The third kappa shape index (κ3) is 9.97. The topological polar surface area (TPSA) is 88.2 Å². The van der Waals surface area contributed by atoms with Crippen LogP contribution in [-0.4, -0.2) is 71.1 Å². The Morgan fingerprint density at radius 1 is 0.976 bits per heavy atom. The predicted octanol–water partition coefficient (Wildman–Crippen LogP) is 5.20. The summed E-state index contributed by atoms with van der Waals surface area (Å²) in [7, 11) is 0. The van der Waals surface area contributed by atoms with Gasteiger partial charge in [-0.25, -0.2) is 4.79 Å². The van der Waals surface area contributed by atoms with Crippen LogP contribution in [0.15, 0.2) is 60.7 Å². The van der Waals surface area contributed by atoms with Crippen LogP contribution in [0.4, 0.5) is 4.79 Å². The Balaban J connectivity index is 1.96. The molecule has 2 aromatic rings. The van der Waals surface area contributed by atoms with Crippen LogP contribution >= 0.6 is 0 Å². The SMILES string of the molecule is CC(C)C[C@@H](C(=O)OCc1ccccc1)N1CN(C(=O)OC(C)(C)C)[C@@H](Cc2ccccc2)[C@@H]1CCN[C@@H](C)C=O. The Bertz CT molecular complexity index is 1100. The first-order valence-electron chi connectivity index (χ1n) is 14.7. The van der Waals surface area contributed by atoms with Crippen LogP contribution in [0.1, 0.15) is 65.5 Å². The number of aldehydes is 1. The summed E-state index contributed by atoms with van der Waals surface area (Å²) < 4.78 is 11.7. The Hall–Kier alpha value is -3.23. The van der Waals surface area contributed by atoms with E-state index in [1.165, 1.54) is 0 Å². The molecule has 1 amide bonds. The van der Waals surface area contributed by atoms with E-state index in [1.54, 1.807) is 4.90 Å². The molecule has 8 heteroatoms. The molecule has 1 heterocycles. The van der Waals surface area contributed by atoms with Crippen LogP contribution in [-0.2, 0) is 32.1 Å². The van der Waals surface area contributed by atoms with Crippen molar-refractivity contribution in [2.75, 3.05) is 13.2 Å². The van der Waals surface area contributed by atoms with Crippen molar-refractivity contribution in [3.05, 3.63) is 71.8 Å². The summed E-state index contributed by atoms with van der Waals surface area (Å²) in [6.07, 6.45) is 2.31. The van der Waals surface area contributed by atoms with Crippen LogP contribution in [0, 0.1) is 5.92 Å². The molecule has 0 saturated carbocycles. The minimum absolute atomic E-state index is 0.165. The minimum Gasteiger partial charge on any atom is -0.460 e. The number of esters is 1. The highest BCUT2D eigenvalue weighted by molar-refractivity contribution is 5.76. The molecule has 1 saturated heterocycles. The van der Waals surface area contributed by atoms with Gasteiger partial charge in [0, 0.05) is 6.04 Å². The Kier molecular flexibility index (Phi) is 11.9. The first-order chi connectivity index (χ1) is 19.5. The van der Waals surface area contributed by atoms with Gasteiger partial charge in [0.2, 0.25) is 0 Å². The maximum atomic E-state index is 13.7. The first kappa shape index (κ1) is 32.3. The molecule has 0 aromatic heterocycles. The number of hydrogen-bond donors (Lipinski definition) is 1. The van der Waals surface area contributed by atoms with Crippen LogP contribution in [0.25, 0.3) is 0 Å². The fourth-order valence-corrected chi connectivity index (χ4v) is 5.26. The van der Waals surface area contributed by atoms with Gasteiger partial charge in [-0.1, -0.05) is 74.5 Å². The van der Waals surface area contributed by atoms with Gasteiger partial charge in [-0.2, -0.15) is 0 Å². The molecule has 0 aliphatic carbocycles. The zero-order valence-electron chi connectivity index (χ0n) is 25.4. The Labute approximate surface area is 245 Å². The standard InChI is InChI=1S/C33H47N3O5/c1-24(2)19-30(31(38)40-22-27-15-11-8-12-16-27)35-23-36(32(39)41-33(4,5)6)29(20-26-13-9-7-10-14-26)28(35)17-18-34-25(3)21-37/h7-16,21,24-25,28-30,34H,17-20,22-23H2,1-6H3/t25-,28-,29-,30-/m0/s1. The van der Waals surface area contributed by atoms with E-state index in [-0.39, 0.29) is 43.3 Å². The second kappa shape index (κ2) is 15.1. The van der Waals surface area contributed by atoms with Crippen LogP contribution in [0.3, 0.4) is 0 Å². The molecule has 1 N–H and O–H groups in total. The molecular formula is C33H47N3O5. The van der Waals surface area contributed by atoms with E-state index in [0.717, 1.165) is 17.4 Å². The van der Waals surface area contributed by atoms with E-state index in [9.17, 15) is 14.4 Å². The number of nitrogens with one attached hydrogen (secondary N) is 1. The highest BCUT2D eigenvalue weighted by Gasteiger charge is 2.48. The Morgan fingerprint density at radius 3 is 2.15 bits per heavy atom. The summed E-state index contributed by atoms with van der Waals surface area (Å²) in [4.78, 5) is 42.5. The second-order valence-electron chi connectivity index (χ2n) is 12.3. The van der Waals surface area contributed by atoms with Gasteiger partial charge in [-0.05, 0) is 70.5 Å². The molecule has 41 heavy (non-hydrogen) atoms. The van der Waals surface area contributed by atoms with Crippen molar-refractivity contribution in [2.24, 2.45) is 5.92 Å². The van der Waals surface area contributed by atoms with Gasteiger partial charge >= 0.3 is 12.1 Å². The van der Waals surface area contributed by atoms with Crippen molar-refractivity contribution in [3.8, 4) is 0 Å². The number of hydrogen-bond acceptors (Lipinski definition) is 7. The summed E-state index contributed by atoms with van der Waals surface area (Å²) in [6, 6.07) is 18.5. The first-order valence-corrected chi connectivity index (χ1v) is 14.7. The van der Waals surface area contributed by atoms with E-state index in [2.05, 4.69) is 36.2 Å². The van der Waals surface area contributed by atoms with Gasteiger partial charge in [-0.3, -0.25) is 14.6 Å². The van der Waals surface area contributed by atoms with E-state index in [1.807, 2.05) is 76.2 Å². The number of rotatable bonds is 13. The van der Waals surface area contributed by atoms with Gasteiger partial charge in [0.1, 0.15) is 24.5 Å². The third-order valence-corrected chi connectivity index (χ3v) is 7.20. The summed E-state index contributed by atoms with van der Waals surface area (Å²) >= 11 is 0. The molecule has 0 unspecified atom stereocenters. The molecule has 4 atom stereocenters. The van der Waals surface area contributed by atoms with Crippen LogP contribution in [0.2, 0.25) is 0 Å². The Morgan fingerprint density at radius 2 is 1.59 bits per heavy atom. The smallest absolute Gasteiger partial charge is 0.411 e. The van der Waals surface area contributed by atoms with Gasteiger partial charge in [-0.15, -0.1) is 0 Å². The van der Waals surface area contributed by atoms with Crippen molar-refractivity contribution < 1.29 is 23.9 Å². The number of benzene rings is 2. The number of carbonyl (C=O) groups excluding carboxylic acids is 3. The van der Waals surface area contributed by atoms with E-state index in [0.29, 0.717) is 25.8 Å². The molecule has 1 fully saturated rings. The molecule has 0 radical (unpaired) electrons. The lowest BCUT2D eigenvalue weighted by Gasteiger charge is -2.33. The lowest BCUT2D eigenvalue weighted by molar-refractivity contribution is -0.153. The van der Waals surface area contributed by atoms with E-state index in [4.69, 9.17) is 9.47 Å². The number of carbonyl (C=O) groups is 3. The number of ether oxygens (including phenoxy) is 2. The van der Waals surface area contributed by atoms with Crippen molar-refractivity contribution in [3.63, 3.8) is 0 Å². The molecule has 1 aliphatic heterocycles. The van der Waals surface area contributed by atoms with Crippen LogP contribution < -0.4 is 5.32 Å². The maximum Gasteiger partial charge on any atom is 0.411 e. The second-order valence-corrected chi connectivity index (χ2v) is 12.3. The summed E-state index contributed by atoms with van der Waals surface area (Å²) in [5, 5.41) is 3.26. The van der Waals surface area contributed by atoms with Crippen molar-refractivity contribution in [1.29, 1.82) is 0 Å². The maximum absolute atomic E-state index is 13.7. The molecule has 1 aliphatic rings. The monoisotopic (exact) mass is 565 g/mol. The van der Waals surface area contributed by atoms with Gasteiger partial charge in [0.15, 0.2) is 0 Å².